The molecule has 0 spiro atoms. The highest BCUT2D eigenvalue weighted by atomic mass is 35.5. The molecule has 7 nitrogen and oxygen atoms in total. The summed E-state index contributed by atoms with van der Waals surface area (Å²) in [4.78, 5) is 28.6. The fourth-order valence-electron chi connectivity index (χ4n) is 4.17. The number of fused-ring (bicyclic) bond motifs is 1. The number of rotatable bonds is 8. The van der Waals surface area contributed by atoms with Gasteiger partial charge in [0.1, 0.15) is 5.82 Å². The summed E-state index contributed by atoms with van der Waals surface area (Å²) in [7, 11) is 0. The lowest BCUT2D eigenvalue weighted by Gasteiger charge is -2.19. The molecule has 31 heavy (non-hydrogen) atoms. The van der Waals surface area contributed by atoms with Gasteiger partial charge in [0, 0.05) is 32.4 Å². The number of nitrogens with zero attached hydrogens (tertiary/aromatic N) is 3. The van der Waals surface area contributed by atoms with Crippen LogP contribution in [0.5, 0.6) is 0 Å². The molecule has 0 bridgehead atoms. The van der Waals surface area contributed by atoms with Gasteiger partial charge in [-0.25, -0.2) is 9.07 Å². The zero-order valence-electron chi connectivity index (χ0n) is 17.5. The third-order valence-electron chi connectivity index (χ3n) is 5.66. The molecule has 0 atom stereocenters. The van der Waals surface area contributed by atoms with E-state index in [1.165, 1.54) is 22.9 Å². The van der Waals surface area contributed by atoms with Crippen LogP contribution in [0.3, 0.4) is 0 Å². The average Bonchev–Trinajstić information content (AvgIpc) is 3.35. The van der Waals surface area contributed by atoms with E-state index in [0.717, 1.165) is 32.0 Å². The molecule has 1 saturated heterocycles. The minimum Gasteiger partial charge on any atom is -0.382 e. The number of benzene rings is 1. The third kappa shape index (κ3) is 4.46. The van der Waals surface area contributed by atoms with E-state index in [2.05, 4.69) is 10.00 Å². The van der Waals surface area contributed by atoms with E-state index in [1.807, 2.05) is 6.92 Å². The summed E-state index contributed by atoms with van der Waals surface area (Å²) in [6.45, 7) is 5.96. The molecule has 9 heteroatoms. The van der Waals surface area contributed by atoms with E-state index >= 15 is 0 Å². The highest BCUT2D eigenvalue weighted by Crippen LogP contribution is 2.23. The van der Waals surface area contributed by atoms with Crippen molar-refractivity contribution in [1.82, 2.24) is 19.2 Å². The van der Waals surface area contributed by atoms with Gasteiger partial charge in [0.15, 0.2) is 0 Å². The summed E-state index contributed by atoms with van der Waals surface area (Å²) in [6, 6.07) is 5.30. The monoisotopic (exact) mass is 448 g/mol. The molecule has 0 unspecified atom stereocenters. The molecule has 0 saturated carbocycles. The summed E-state index contributed by atoms with van der Waals surface area (Å²) in [5.74, 6) is -0.485. The predicted octanol–water partition coefficient (Wildman–Crippen LogP) is 3.30. The minimum atomic E-state index is -0.485. The van der Waals surface area contributed by atoms with E-state index in [0.29, 0.717) is 55.0 Å². The molecule has 3 heterocycles. The van der Waals surface area contributed by atoms with Gasteiger partial charge in [-0.05, 0) is 57.5 Å². The standard InChI is InChI=1S/C22H26ClFN4O3/c1-2-31-11-5-10-27-19(14-26-8-3-4-9-26)21-17(13-20(27)29)25-28(22(21)30)18-7-6-15(24)12-16(18)23/h6-7,12-13,25H,2-5,8-11,14H2,1H3. The Balaban J connectivity index is 1.85. The molecule has 0 amide bonds. The Hall–Kier alpha value is -2.42. The lowest BCUT2D eigenvalue weighted by atomic mass is 10.2. The van der Waals surface area contributed by atoms with Crippen LogP contribution in [0.1, 0.15) is 31.9 Å². The molecule has 0 radical (unpaired) electrons. The van der Waals surface area contributed by atoms with Crippen LogP contribution in [0.15, 0.2) is 33.9 Å². The van der Waals surface area contributed by atoms with Gasteiger partial charge in [0.05, 0.1) is 27.3 Å². The van der Waals surface area contributed by atoms with Crippen LogP contribution in [0.2, 0.25) is 5.02 Å². The first-order chi connectivity index (χ1) is 15.0. The van der Waals surface area contributed by atoms with Crippen molar-refractivity contribution in [2.45, 2.75) is 39.3 Å². The number of hydrogen-bond acceptors (Lipinski definition) is 4. The average molecular weight is 449 g/mol. The summed E-state index contributed by atoms with van der Waals surface area (Å²) in [6.07, 6.45) is 2.88. The molecule has 2 aromatic heterocycles. The van der Waals surface area contributed by atoms with Crippen molar-refractivity contribution in [3.8, 4) is 5.69 Å². The zero-order valence-corrected chi connectivity index (χ0v) is 18.3. The minimum absolute atomic E-state index is 0.113. The van der Waals surface area contributed by atoms with Gasteiger partial charge in [0.25, 0.3) is 11.1 Å². The number of halogens is 2. The fourth-order valence-corrected chi connectivity index (χ4v) is 4.42. The van der Waals surface area contributed by atoms with E-state index in [4.69, 9.17) is 16.3 Å². The molecule has 1 aliphatic rings. The van der Waals surface area contributed by atoms with Gasteiger partial charge in [-0.1, -0.05) is 11.6 Å². The van der Waals surface area contributed by atoms with Gasteiger partial charge in [-0.2, -0.15) is 0 Å². The molecule has 4 rings (SSSR count). The van der Waals surface area contributed by atoms with Crippen molar-refractivity contribution in [3.05, 3.63) is 61.5 Å². The summed E-state index contributed by atoms with van der Waals surface area (Å²) >= 11 is 6.19. The summed E-state index contributed by atoms with van der Waals surface area (Å²) in [5, 5.41) is 3.56. The largest absolute Gasteiger partial charge is 0.382 e. The van der Waals surface area contributed by atoms with Crippen molar-refractivity contribution >= 4 is 22.5 Å². The SMILES string of the molecule is CCOCCCn1c(CN2CCCC2)c2c(=O)n(-c3ccc(F)cc3Cl)[nH]c2cc1=O. The first-order valence-corrected chi connectivity index (χ1v) is 11.0. The Morgan fingerprint density at radius 1 is 1.19 bits per heavy atom. The second kappa shape index (κ2) is 9.38. The quantitative estimate of drug-likeness (QED) is 0.537. The van der Waals surface area contributed by atoms with Crippen LogP contribution in [-0.2, 0) is 17.8 Å². The highest BCUT2D eigenvalue weighted by molar-refractivity contribution is 6.32. The molecular formula is C22H26ClFN4O3. The van der Waals surface area contributed by atoms with Crippen molar-refractivity contribution in [1.29, 1.82) is 0 Å². The molecule has 3 aromatic rings. The highest BCUT2D eigenvalue weighted by Gasteiger charge is 2.22. The second-order valence-corrected chi connectivity index (χ2v) is 8.16. The second-order valence-electron chi connectivity index (χ2n) is 7.75. The van der Waals surface area contributed by atoms with Crippen molar-refractivity contribution in [2.75, 3.05) is 26.3 Å². The number of pyridine rings is 1. The maximum absolute atomic E-state index is 13.5. The summed E-state index contributed by atoms with van der Waals surface area (Å²) in [5.41, 5.74) is 1.00. The topological polar surface area (TPSA) is 72.3 Å². The number of ether oxygens (including phenoxy) is 1. The number of likely N-dealkylation sites (tertiary alicyclic amines) is 1. The molecule has 0 aliphatic carbocycles. The lowest BCUT2D eigenvalue weighted by molar-refractivity contribution is 0.141. The van der Waals surface area contributed by atoms with Crippen LogP contribution in [0, 0.1) is 5.82 Å². The van der Waals surface area contributed by atoms with E-state index in [-0.39, 0.29) is 16.1 Å². The fraction of sp³-hybridized carbons (Fsp3) is 0.455. The molecule has 1 N–H and O–H groups in total. The Bertz CT molecular complexity index is 1190. The van der Waals surface area contributed by atoms with Gasteiger partial charge in [-0.15, -0.1) is 0 Å². The van der Waals surface area contributed by atoms with Crippen LogP contribution >= 0.6 is 11.6 Å². The third-order valence-corrected chi connectivity index (χ3v) is 5.97. The predicted molar refractivity (Wildman–Crippen MR) is 119 cm³/mol. The smallest absolute Gasteiger partial charge is 0.280 e. The first kappa shape index (κ1) is 21.8. The molecular weight excluding hydrogens is 423 g/mol. The van der Waals surface area contributed by atoms with Crippen molar-refractivity contribution < 1.29 is 9.13 Å². The van der Waals surface area contributed by atoms with Gasteiger partial charge >= 0.3 is 0 Å². The molecule has 166 valence electrons. The Kier molecular flexibility index (Phi) is 6.60. The number of nitrogens with one attached hydrogen (secondary N) is 1. The Morgan fingerprint density at radius 3 is 2.68 bits per heavy atom. The number of H-pyrrole nitrogens is 1. The number of aromatic amines is 1. The van der Waals surface area contributed by atoms with Crippen LogP contribution < -0.4 is 11.1 Å². The number of hydrogen-bond donors (Lipinski definition) is 1. The Morgan fingerprint density at radius 2 is 1.97 bits per heavy atom. The van der Waals surface area contributed by atoms with Gasteiger partial charge in [0.2, 0.25) is 0 Å². The van der Waals surface area contributed by atoms with Crippen LogP contribution in [0.4, 0.5) is 4.39 Å². The van der Waals surface area contributed by atoms with Gasteiger partial charge < -0.3 is 9.30 Å². The van der Waals surface area contributed by atoms with Crippen LogP contribution in [-0.4, -0.2) is 45.6 Å². The normalized spacial score (nSPS) is 14.7. The summed E-state index contributed by atoms with van der Waals surface area (Å²) < 4.78 is 21.9. The van der Waals surface area contributed by atoms with E-state index < -0.39 is 5.82 Å². The lowest BCUT2D eigenvalue weighted by Crippen LogP contribution is -2.30. The maximum Gasteiger partial charge on any atom is 0.280 e. The number of aromatic nitrogens is 3. The molecule has 1 aliphatic heterocycles. The van der Waals surface area contributed by atoms with Crippen molar-refractivity contribution in [3.63, 3.8) is 0 Å². The maximum atomic E-state index is 13.5. The first-order valence-electron chi connectivity index (χ1n) is 10.6. The Labute approximate surface area is 184 Å². The van der Waals surface area contributed by atoms with Crippen LogP contribution in [0.25, 0.3) is 16.6 Å². The zero-order chi connectivity index (χ0) is 22.0. The van der Waals surface area contributed by atoms with Gasteiger partial charge in [-0.3, -0.25) is 19.6 Å². The molecule has 1 fully saturated rings. The van der Waals surface area contributed by atoms with E-state index in [1.54, 1.807) is 4.57 Å². The van der Waals surface area contributed by atoms with E-state index in [9.17, 15) is 14.0 Å². The van der Waals surface area contributed by atoms with Crippen molar-refractivity contribution in [2.24, 2.45) is 0 Å². The molecule has 1 aromatic carbocycles.